The number of urea groups is 1. The Labute approximate surface area is 116 Å². The predicted molar refractivity (Wildman–Crippen MR) is 74.9 cm³/mol. The standard InChI is InChI=1S/C14H17N3O3/c1-8(9-2-3-9)15-14(19)16-10-4-5-12-11(6-10)17-13(18)7-20-12/h4-6,8-9H,2-3,7H2,1H3,(H,17,18)(H2,15,16,19)/t8-/m1/s1. The van der Waals surface area contributed by atoms with Gasteiger partial charge in [-0.2, -0.15) is 0 Å². The van der Waals surface area contributed by atoms with E-state index in [-0.39, 0.29) is 24.6 Å². The van der Waals surface area contributed by atoms with Crippen LogP contribution in [0.15, 0.2) is 18.2 Å². The van der Waals surface area contributed by atoms with Crippen LogP contribution < -0.4 is 20.7 Å². The Morgan fingerprint density at radius 2 is 2.25 bits per heavy atom. The van der Waals surface area contributed by atoms with Crippen LogP contribution in [0.3, 0.4) is 0 Å². The molecule has 0 aromatic heterocycles. The van der Waals surface area contributed by atoms with Crippen LogP contribution in [0.4, 0.5) is 16.2 Å². The maximum Gasteiger partial charge on any atom is 0.319 e. The molecular weight excluding hydrogens is 258 g/mol. The fourth-order valence-corrected chi connectivity index (χ4v) is 2.25. The van der Waals surface area contributed by atoms with Gasteiger partial charge in [0.15, 0.2) is 6.61 Å². The Hall–Kier alpha value is -2.24. The molecule has 1 aromatic carbocycles. The lowest BCUT2D eigenvalue weighted by atomic mass is 10.2. The Morgan fingerprint density at radius 1 is 1.45 bits per heavy atom. The summed E-state index contributed by atoms with van der Waals surface area (Å²) in [6, 6.07) is 5.13. The lowest BCUT2D eigenvalue weighted by Gasteiger charge is -2.19. The number of fused-ring (bicyclic) bond motifs is 1. The van der Waals surface area contributed by atoms with Gasteiger partial charge in [-0.25, -0.2) is 4.79 Å². The zero-order valence-electron chi connectivity index (χ0n) is 11.2. The second-order valence-corrected chi connectivity index (χ2v) is 5.27. The van der Waals surface area contributed by atoms with E-state index in [1.807, 2.05) is 6.92 Å². The van der Waals surface area contributed by atoms with Crippen molar-refractivity contribution < 1.29 is 14.3 Å². The van der Waals surface area contributed by atoms with E-state index in [0.717, 1.165) is 0 Å². The molecule has 0 spiro atoms. The number of hydrogen-bond acceptors (Lipinski definition) is 3. The molecule has 6 heteroatoms. The molecule has 3 N–H and O–H groups in total. The molecule has 1 aliphatic heterocycles. The summed E-state index contributed by atoms with van der Waals surface area (Å²) >= 11 is 0. The fourth-order valence-electron chi connectivity index (χ4n) is 2.25. The molecule has 3 amide bonds. The zero-order valence-corrected chi connectivity index (χ0v) is 11.2. The number of carbonyl (C=O) groups is 2. The maximum atomic E-state index is 11.8. The average molecular weight is 275 g/mol. The first-order valence-electron chi connectivity index (χ1n) is 6.76. The van der Waals surface area contributed by atoms with E-state index in [9.17, 15) is 9.59 Å². The minimum absolute atomic E-state index is 0.0269. The Balaban J connectivity index is 1.63. The number of carbonyl (C=O) groups excluding carboxylic acids is 2. The molecule has 1 fully saturated rings. The molecule has 1 aliphatic carbocycles. The first-order chi connectivity index (χ1) is 9.61. The summed E-state index contributed by atoms with van der Waals surface area (Å²) in [7, 11) is 0. The van der Waals surface area contributed by atoms with Gasteiger partial charge in [0.05, 0.1) is 5.69 Å². The third-order valence-corrected chi connectivity index (χ3v) is 3.56. The number of ether oxygens (including phenoxy) is 1. The van der Waals surface area contributed by atoms with Crippen LogP contribution in [0.1, 0.15) is 19.8 Å². The summed E-state index contributed by atoms with van der Waals surface area (Å²) in [4.78, 5) is 23.1. The van der Waals surface area contributed by atoms with E-state index in [1.54, 1.807) is 18.2 Å². The van der Waals surface area contributed by atoms with Crippen molar-refractivity contribution in [3.63, 3.8) is 0 Å². The number of benzene rings is 1. The highest BCUT2D eigenvalue weighted by atomic mass is 16.5. The third-order valence-electron chi connectivity index (χ3n) is 3.56. The van der Waals surface area contributed by atoms with E-state index < -0.39 is 0 Å². The van der Waals surface area contributed by atoms with Crippen LogP contribution in [-0.4, -0.2) is 24.6 Å². The van der Waals surface area contributed by atoms with E-state index in [0.29, 0.717) is 23.0 Å². The van der Waals surface area contributed by atoms with Crippen LogP contribution in [0.2, 0.25) is 0 Å². The second-order valence-electron chi connectivity index (χ2n) is 5.27. The van der Waals surface area contributed by atoms with Crippen LogP contribution in [0, 0.1) is 5.92 Å². The van der Waals surface area contributed by atoms with E-state index >= 15 is 0 Å². The van der Waals surface area contributed by atoms with E-state index in [1.165, 1.54) is 12.8 Å². The summed E-state index contributed by atoms with van der Waals surface area (Å²) in [6.45, 7) is 2.04. The summed E-state index contributed by atoms with van der Waals surface area (Å²) in [5.74, 6) is 1.03. The smallest absolute Gasteiger partial charge is 0.319 e. The van der Waals surface area contributed by atoms with Gasteiger partial charge < -0.3 is 20.7 Å². The maximum absolute atomic E-state index is 11.8. The van der Waals surface area contributed by atoms with Gasteiger partial charge in [-0.15, -0.1) is 0 Å². The van der Waals surface area contributed by atoms with E-state index in [4.69, 9.17) is 4.74 Å². The summed E-state index contributed by atoms with van der Waals surface area (Å²) in [5, 5.41) is 8.38. The molecule has 0 unspecified atom stereocenters. The number of hydrogen-bond donors (Lipinski definition) is 3. The highest BCUT2D eigenvalue weighted by molar-refractivity contribution is 5.97. The molecule has 1 saturated carbocycles. The molecule has 0 saturated heterocycles. The van der Waals surface area contributed by atoms with Gasteiger partial charge in [-0.05, 0) is 43.9 Å². The van der Waals surface area contributed by atoms with Gasteiger partial charge in [0, 0.05) is 11.7 Å². The molecule has 1 atom stereocenters. The van der Waals surface area contributed by atoms with Crippen LogP contribution in [-0.2, 0) is 4.79 Å². The molecule has 20 heavy (non-hydrogen) atoms. The van der Waals surface area contributed by atoms with Crippen molar-refractivity contribution in [2.24, 2.45) is 5.92 Å². The van der Waals surface area contributed by atoms with Gasteiger partial charge in [0.2, 0.25) is 0 Å². The SMILES string of the molecule is C[C@@H](NC(=O)Nc1ccc2c(c1)NC(=O)CO2)C1CC1. The minimum Gasteiger partial charge on any atom is -0.482 e. The normalized spacial score (nSPS) is 18.4. The fraction of sp³-hybridized carbons (Fsp3) is 0.429. The Bertz CT molecular complexity index is 555. The summed E-state index contributed by atoms with van der Waals surface area (Å²) < 4.78 is 5.26. The summed E-state index contributed by atoms with van der Waals surface area (Å²) in [5.41, 5.74) is 1.20. The van der Waals surface area contributed by atoms with Crippen molar-refractivity contribution in [1.82, 2.24) is 5.32 Å². The van der Waals surface area contributed by atoms with Gasteiger partial charge >= 0.3 is 6.03 Å². The summed E-state index contributed by atoms with van der Waals surface area (Å²) in [6.07, 6.45) is 2.37. The first kappa shape index (κ1) is 12.8. The molecule has 1 heterocycles. The molecule has 0 radical (unpaired) electrons. The van der Waals surface area contributed by atoms with Gasteiger partial charge in [-0.3, -0.25) is 4.79 Å². The monoisotopic (exact) mass is 275 g/mol. The predicted octanol–water partition coefficient (Wildman–Crippen LogP) is 1.94. The van der Waals surface area contributed by atoms with Crippen LogP contribution >= 0.6 is 0 Å². The average Bonchev–Trinajstić information content (AvgIpc) is 3.22. The highest BCUT2D eigenvalue weighted by Crippen LogP contribution is 2.32. The lowest BCUT2D eigenvalue weighted by molar-refractivity contribution is -0.118. The molecule has 3 rings (SSSR count). The zero-order chi connectivity index (χ0) is 14.1. The molecule has 0 bridgehead atoms. The van der Waals surface area contributed by atoms with E-state index in [2.05, 4.69) is 16.0 Å². The second kappa shape index (κ2) is 5.03. The van der Waals surface area contributed by atoms with Crippen molar-refractivity contribution in [3.8, 4) is 5.75 Å². The van der Waals surface area contributed by atoms with Gasteiger partial charge in [0.25, 0.3) is 5.91 Å². The van der Waals surface area contributed by atoms with Crippen molar-refractivity contribution in [3.05, 3.63) is 18.2 Å². The molecule has 1 aromatic rings. The van der Waals surface area contributed by atoms with Crippen molar-refractivity contribution in [1.29, 1.82) is 0 Å². The largest absolute Gasteiger partial charge is 0.482 e. The van der Waals surface area contributed by atoms with Crippen molar-refractivity contribution in [2.45, 2.75) is 25.8 Å². The number of nitrogens with one attached hydrogen (secondary N) is 3. The molecule has 106 valence electrons. The Kier molecular flexibility index (Phi) is 3.22. The quantitative estimate of drug-likeness (QED) is 0.788. The molecule has 6 nitrogen and oxygen atoms in total. The third kappa shape index (κ3) is 2.84. The molecular formula is C14H17N3O3. The van der Waals surface area contributed by atoms with Crippen molar-refractivity contribution >= 4 is 23.3 Å². The topological polar surface area (TPSA) is 79.5 Å². The van der Waals surface area contributed by atoms with Gasteiger partial charge in [-0.1, -0.05) is 0 Å². The molecule has 2 aliphatic rings. The number of amides is 3. The minimum atomic E-state index is -0.229. The van der Waals surface area contributed by atoms with Gasteiger partial charge in [0.1, 0.15) is 5.75 Å². The number of rotatable bonds is 3. The lowest BCUT2D eigenvalue weighted by Crippen LogP contribution is -2.37. The first-order valence-corrected chi connectivity index (χ1v) is 6.76. The van der Waals surface area contributed by atoms with Crippen LogP contribution in [0.25, 0.3) is 0 Å². The van der Waals surface area contributed by atoms with Crippen LogP contribution in [0.5, 0.6) is 5.75 Å². The Morgan fingerprint density at radius 3 is 3.00 bits per heavy atom. The van der Waals surface area contributed by atoms with Crippen molar-refractivity contribution in [2.75, 3.05) is 17.2 Å². The highest BCUT2D eigenvalue weighted by Gasteiger charge is 2.28. The number of anilines is 2.